The van der Waals surface area contributed by atoms with E-state index in [2.05, 4.69) is 4.98 Å². The molecule has 0 unspecified atom stereocenters. The predicted octanol–water partition coefficient (Wildman–Crippen LogP) is 2.97. The summed E-state index contributed by atoms with van der Waals surface area (Å²) in [6.45, 7) is 9.52. The maximum absolute atomic E-state index is 11.4. The van der Waals surface area contributed by atoms with E-state index in [0.717, 1.165) is 11.0 Å². The topological polar surface area (TPSA) is 83.7 Å². The zero-order valence-corrected chi connectivity index (χ0v) is 16.4. The van der Waals surface area contributed by atoms with Gasteiger partial charge in [0.2, 0.25) is 5.88 Å². The van der Waals surface area contributed by atoms with E-state index in [0.29, 0.717) is 17.3 Å². The second-order valence-corrected chi connectivity index (χ2v) is 8.11. The Hall–Kier alpha value is -1.51. The first-order chi connectivity index (χ1) is 11.6. The zero-order chi connectivity index (χ0) is 18.8. The molecule has 1 aliphatic heterocycles. The van der Waals surface area contributed by atoms with Crippen molar-refractivity contribution in [1.82, 2.24) is 4.98 Å². The van der Waals surface area contributed by atoms with Gasteiger partial charge in [-0.1, -0.05) is 17.8 Å². The van der Waals surface area contributed by atoms with Crippen LogP contribution in [-0.4, -0.2) is 41.3 Å². The minimum atomic E-state index is -0.528. The number of hydrogen-bond donors (Lipinski definition) is 1. The van der Waals surface area contributed by atoms with Crippen molar-refractivity contribution in [3.05, 3.63) is 23.3 Å². The molecule has 1 aromatic heterocycles. The summed E-state index contributed by atoms with van der Waals surface area (Å²) in [7, 11) is 0.994. The second kappa shape index (κ2) is 7.39. The van der Waals surface area contributed by atoms with Crippen molar-refractivity contribution in [2.75, 3.05) is 18.6 Å². The molecule has 0 spiro atoms. The average Bonchev–Trinajstić information content (AvgIpc) is 2.71. The molecule has 2 heterocycles. The summed E-state index contributed by atoms with van der Waals surface area (Å²) >= 11 is 1.21. The van der Waals surface area contributed by atoms with Crippen LogP contribution in [0.4, 0.5) is 5.69 Å². The highest BCUT2D eigenvalue weighted by Crippen LogP contribution is 2.39. The molecule has 0 aromatic carbocycles. The normalized spacial score (nSPS) is 19.1. The van der Waals surface area contributed by atoms with E-state index in [-0.39, 0.29) is 5.12 Å². The number of anilines is 1. The zero-order valence-electron chi connectivity index (χ0n) is 15.6. The van der Waals surface area contributed by atoms with E-state index in [4.69, 9.17) is 19.8 Å². The number of hydrogen-bond acceptors (Lipinski definition) is 7. The van der Waals surface area contributed by atoms with E-state index in [9.17, 15) is 4.79 Å². The lowest BCUT2D eigenvalue weighted by Gasteiger charge is -2.32. The summed E-state index contributed by atoms with van der Waals surface area (Å²) in [5.41, 5.74) is 7.13. The number of ether oxygens (including phenoxy) is 1. The summed E-state index contributed by atoms with van der Waals surface area (Å²) in [5, 5.41) is 0.0368. The van der Waals surface area contributed by atoms with Crippen molar-refractivity contribution in [3.8, 4) is 5.88 Å². The number of nitrogen functional groups attached to an aromatic ring is 1. The number of nitrogens with two attached hydrogens (primary N) is 1. The van der Waals surface area contributed by atoms with Crippen LogP contribution >= 0.6 is 11.8 Å². The summed E-state index contributed by atoms with van der Waals surface area (Å²) in [5.74, 6) is 0.852. The van der Waals surface area contributed by atoms with E-state index < -0.39 is 18.3 Å². The summed E-state index contributed by atoms with van der Waals surface area (Å²) in [4.78, 5) is 15.6. The maximum Gasteiger partial charge on any atom is 0.491 e. The third kappa shape index (κ3) is 4.57. The Morgan fingerprint density at radius 2 is 1.96 bits per heavy atom. The van der Waals surface area contributed by atoms with E-state index in [1.54, 1.807) is 19.2 Å². The fourth-order valence-corrected chi connectivity index (χ4v) is 2.90. The monoisotopic (exact) mass is 364 g/mol. The van der Waals surface area contributed by atoms with Crippen molar-refractivity contribution in [3.63, 3.8) is 0 Å². The van der Waals surface area contributed by atoms with Crippen LogP contribution in [0.25, 0.3) is 6.08 Å². The Morgan fingerprint density at radius 3 is 2.44 bits per heavy atom. The van der Waals surface area contributed by atoms with Gasteiger partial charge in [0.15, 0.2) is 5.12 Å². The Labute approximate surface area is 153 Å². The van der Waals surface area contributed by atoms with Crippen molar-refractivity contribution >= 4 is 35.8 Å². The molecule has 0 saturated carbocycles. The lowest BCUT2D eigenvalue weighted by Crippen LogP contribution is -2.41. The number of pyridine rings is 1. The fourth-order valence-electron chi connectivity index (χ4n) is 2.31. The summed E-state index contributed by atoms with van der Waals surface area (Å²) in [6.07, 6.45) is 3.57. The quantitative estimate of drug-likeness (QED) is 0.804. The molecule has 2 rings (SSSR count). The van der Waals surface area contributed by atoms with Gasteiger partial charge in [-0.25, -0.2) is 4.98 Å². The molecule has 1 saturated heterocycles. The van der Waals surface area contributed by atoms with Crippen LogP contribution in [0.5, 0.6) is 5.88 Å². The molecule has 25 heavy (non-hydrogen) atoms. The van der Waals surface area contributed by atoms with Crippen molar-refractivity contribution in [2.24, 2.45) is 0 Å². The maximum atomic E-state index is 11.4. The van der Waals surface area contributed by atoms with Crippen LogP contribution in [-0.2, 0) is 14.1 Å². The van der Waals surface area contributed by atoms with Gasteiger partial charge in [0, 0.05) is 18.9 Å². The predicted molar refractivity (Wildman–Crippen MR) is 102 cm³/mol. The number of nitrogens with zero attached hydrogens (tertiary/aromatic N) is 1. The van der Waals surface area contributed by atoms with Gasteiger partial charge in [-0.15, -0.1) is 0 Å². The molecular weight excluding hydrogens is 339 g/mol. The molecule has 0 amide bonds. The van der Waals surface area contributed by atoms with Gasteiger partial charge in [-0.3, -0.25) is 4.79 Å². The molecular formula is C17H25BN2O4S. The highest BCUT2D eigenvalue weighted by molar-refractivity contribution is 8.13. The molecule has 8 heteroatoms. The smallest absolute Gasteiger partial charge is 0.480 e. The van der Waals surface area contributed by atoms with Gasteiger partial charge in [-0.05, 0) is 44.8 Å². The second-order valence-electron chi connectivity index (χ2n) is 6.95. The highest BCUT2D eigenvalue weighted by atomic mass is 32.2. The van der Waals surface area contributed by atoms with Crippen LogP contribution in [0.2, 0.25) is 0 Å². The van der Waals surface area contributed by atoms with Gasteiger partial charge in [0.05, 0.1) is 24.0 Å². The molecule has 2 N–H and O–H groups in total. The summed E-state index contributed by atoms with van der Waals surface area (Å²) < 4.78 is 17.3. The minimum Gasteiger partial charge on any atom is -0.480 e. The number of carbonyl (C=O) groups is 1. The summed E-state index contributed by atoms with van der Waals surface area (Å²) in [6, 6.07) is 1.77. The first-order valence-corrected chi connectivity index (χ1v) is 9.03. The third-order valence-electron chi connectivity index (χ3n) is 4.44. The van der Waals surface area contributed by atoms with Crippen LogP contribution in [0.1, 0.15) is 40.2 Å². The largest absolute Gasteiger partial charge is 0.491 e. The number of rotatable bonds is 5. The van der Waals surface area contributed by atoms with E-state index >= 15 is 0 Å². The first-order valence-electron chi connectivity index (χ1n) is 8.05. The highest BCUT2D eigenvalue weighted by Gasteiger charge is 2.52. The van der Waals surface area contributed by atoms with Crippen LogP contribution in [0.3, 0.4) is 0 Å². The van der Waals surface area contributed by atoms with Crippen molar-refractivity contribution < 1.29 is 18.8 Å². The van der Waals surface area contributed by atoms with Crippen molar-refractivity contribution in [1.29, 1.82) is 0 Å². The van der Waals surface area contributed by atoms with Gasteiger partial charge >= 0.3 is 7.12 Å². The Morgan fingerprint density at radius 1 is 1.36 bits per heavy atom. The van der Waals surface area contributed by atoms with Crippen molar-refractivity contribution in [2.45, 2.75) is 45.8 Å². The van der Waals surface area contributed by atoms with Gasteiger partial charge in [0.1, 0.15) is 0 Å². The molecule has 0 aliphatic carbocycles. The molecule has 1 fully saturated rings. The van der Waals surface area contributed by atoms with E-state index in [1.807, 2.05) is 33.8 Å². The molecule has 6 nitrogen and oxygen atoms in total. The van der Waals surface area contributed by atoms with Crippen LogP contribution < -0.4 is 10.5 Å². The minimum absolute atomic E-state index is 0.0368. The third-order valence-corrected chi connectivity index (χ3v) is 5.33. The molecule has 0 atom stereocenters. The number of carbonyl (C=O) groups excluding carboxylic acids is 1. The molecule has 0 radical (unpaired) electrons. The Balaban J connectivity index is 2.33. The Kier molecular flexibility index (Phi) is 5.86. The van der Waals surface area contributed by atoms with Gasteiger partial charge in [-0.2, -0.15) is 0 Å². The first kappa shape index (κ1) is 19.8. The molecule has 0 bridgehead atoms. The average molecular weight is 364 g/mol. The molecule has 1 aromatic rings. The molecule has 136 valence electrons. The lowest BCUT2D eigenvalue weighted by atomic mass is 9.78. The Bertz CT molecular complexity index is 675. The van der Waals surface area contributed by atoms with E-state index in [1.165, 1.54) is 18.9 Å². The lowest BCUT2D eigenvalue weighted by molar-refractivity contribution is -0.109. The van der Waals surface area contributed by atoms with Crippen LogP contribution in [0.15, 0.2) is 17.7 Å². The number of methoxy groups -OCH3 is 1. The van der Waals surface area contributed by atoms with Gasteiger partial charge < -0.3 is 19.8 Å². The molecule has 1 aliphatic rings. The number of aromatic nitrogens is 1. The fraction of sp³-hybridized carbons (Fsp3) is 0.529. The standard InChI is InChI=1S/C17H25BN2O4S/c1-11(21)25-10-13(18-23-16(2,3)17(4,5)24-18)7-12-8-14(19)15(22-6)20-9-12/h7-9H,10,19H2,1-6H3. The van der Waals surface area contributed by atoms with Crippen LogP contribution in [0, 0.1) is 0 Å². The SMILES string of the molecule is COc1ncc(C=C(CSC(C)=O)B2OC(C)(C)C(C)(C)O2)cc1N. The van der Waals surface area contributed by atoms with Gasteiger partial charge in [0.25, 0.3) is 0 Å². The number of thioether (sulfide) groups is 1.